The van der Waals surface area contributed by atoms with Crippen molar-refractivity contribution in [1.82, 2.24) is 0 Å². The summed E-state index contributed by atoms with van der Waals surface area (Å²) in [5.74, 6) is 2.39. The molecule has 0 aliphatic heterocycles. The Morgan fingerprint density at radius 3 is 2.52 bits per heavy atom. The summed E-state index contributed by atoms with van der Waals surface area (Å²) >= 11 is 0. The summed E-state index contributed by atoms with van der Waals surface area (Å²) in [6, 6.07) is 0. The van der Waals surface area contributed by atoms with Gasteiger partial charge in [0.05, 0.1) is 6.10 Å². The summed E-state index contributed by atoms with van der Waals surface area (Å²) in [6.45, 7) is 4.63. The van der Waals surface area contributed by atoms with Crippen molar-refractivity contribution >= 4 is 11.5 Å². The Balaban J connectivity index is 1.66. The van der Waals surface area contributed by atoms with E-state index in [2.05, 4.69) is 19.0 Å². The SMILES string of the molecule is C[C@]12C/C(=N/O)C(=O)C[C@@H]1CC[C@@H]1[C@@H]2CC[C@]2(C)[C@@H](O)CC[C@@H]12. The van der Waals surface area contributed by atoms with Crippen molar-refractivity contribution < 1.29 is 15.1 Å². The molecule has 4 aliphatic rings. The van der Waals surface area contributed by atoms with E-state index in [-0.39, 0.29) is 22.7 Å². The maximum atomic E-state index is 12.1. The van der Waals surface area contributed by atoms with E-state index in [0.29, 0.717) is 42.2 Å². The van der Waals surface area contributed by atoms with E-state index in [4.69, 9.17) is 0 Å². The van der Waals surface area contributed by atoms with Crippen LogP contribution in [0.3, 0.4) is 0 Å². The zero-order valence-corrected chi connectivity index (χ0v) is 14.3. The van der Waals surface area contributed by atoms with Crippen LogP contribution >= 0.6 is 0 Å². The Kier molecular flexibility index (Phi) is 3.43. The summed E-state index contributed by atoms with van der Waals surface area (Å²) < 4.78 is 0. The number of hydrogen-bond acceptors (Lipinski definition) is 4. The van der Waals surface area contributed by atoms with Crippen LogP contribution in [0.1, 0.15) is 65.2 Å². The van der Waals surface area contributed by atoms with E-state index in [9.17, 15) is 15.1 Å². The fourth-order valence-electron chi connectivity index (χ4n) is 7.01. The fraction of sp³-hybridized carbons (Fsp3) is 0.895. The van der Waals surface area contributed by atoms with Gasteiger partial charge in [0.2, 0.25) is 0 Å². The van der Waals surface area contributed by atoms with Crippen molar-refractivity contribution in [2.75, 3.05) is 0 Å². The average Bonchev–Trinajstić information content (AvgIpc) is 2.83. The first-order chi connectivity index (χ1) is 10.9. The van der Waals surface area contributed by atoms with Gasteiger partial charge in [-0.15, -0.1) is 0 Å². The van der Waals surface area contributed by atoms with Crippen molar-refractivity contribution in [3.8, 4) is 0 Å². The smallest absolute Gasteiger partial charge is 0.180 e. The third kappa shape index (κ3) is 2.00. The van der Waals surface area contributed by atoms with Crippen molar-refractivity contribution in [1.29, 1.82) is 0 Å². The molecule has 0 saturated heterocycles. The summed E-state index contributed by atoms with van der Waals surface area (Å²) in [4.78, 5) is 12.1. The molecule has 0 bridgehead atoms. The topological polar surface area (TPSA) is 69.9 Å². The summed E-state index contributed by atoms with van der Waals surface area (Å²) in [7, 11) is 0. The molecule has 0 unspecified atom stereocenters. The van der Waals surface area contributed by atoms with Gasteiger partial charge in [-0.25, -0.2) is 0 Å². The molecule has 4 saturated carbocycles. The van der Waals surface area contributed by atoms with Gasteiger partial charge in [-0.3, -0.25) is 4.79 Å². The Hall–Kier alpha value is -0.900. The molecule has 2 N–H and O–H groups in total. The van der Waals surface area contributed by atoms with E-state index in [1.807, 2.05) is 0 Å². The number of carbonyl (C=O) groups is 1. The van der Waals surface area contributed by atoms with Crippen molar-refractivity contribution in [2.45, 2.75) is 71.3 Å². The van der Waals surface area contributed by atoms with E-state index in [1.54, 1.807) is 0 Å². The predicted octanol–water partition coefficient (Wildman–Crippen LogP) is 3.40. The maximum absolute atomic E-state index is 12.1. The monoisotopic (exact) mass is 319 g/mol. The molecule has 4 fully saturated rings. The molecule has 4 aliphatic carbocycles. The Morgan fingerprint density at radius 1 is 1.04 bits per heavy atom. The standard InChI is InChI=1S/C19H29NO3/c1-18-8-7-14-12(13(18)5-6-17(18)22)4-3-11-9-16(21)15(20-23)10-19(11,14)2/h11-14,17,22-23H,3-10H2,1-2H3/b20-15-/t11-,12-,13-,14-,17-,18-,19-/m0/s1. The Bertz CT molecular complexity index is 559. The molecule has 0 aromatic rings. The average molecular weight is 319 g/mol. The van der Waals surface area contributed by atoms with Crippen LogP contribution in [0.5, 0.6) is 0 Å². The second-order valence-electron chi connectivity index (χ2n) is 9.15. The first-order valence-corrected chi connectivity index (χ1v) is 9.32. The first-order valence-electron chi connectivity index (χ1n) is 9.32. The highest BCUT2D eigenvalue weighted by molar-refractivity contribution is 6.40. The lowest BCUT2D eigenvalue weighted by Gasteiger charge is -2.59. The molecular weight excluding hydrogens is 290 g/mol. The quantitative estimate of drug-likeness (QED) is 0.531. The molecule has 4 heteroatoms. The van der Waals surface area contributed by atoms with Gasteiger partial charge in [0.25, 0.3) is 0 Å². The van der Waals surface area contributed by atoms with Crippen molar-refractivity contribution in [2.24, 2.45) is 39.7 Å². The molecular formula is C19H29NO3. The Labute approximate surface area is 138 Å². The van der Waals surface area contributed by atoms with Crippen LogP contribution in [0, 0.1) is 34.5 Å². The fourth-order valence-corrected chi connectivity index (χ4v) is 7.01. The molecule has 0 aromatic carbocycles. The van der Waals surface area contributed by atoms with E-state index in [0.717, 1.165) is 32.1 Å². The van der Waals surface area contributed by atoms with Crippen LogP contribution < -0.4 is 0 Å². The number of nitrogens with zero attached hydrogens (tertiary/aromatic N) is 1. The van der Waals surface area contributed by atoms with Gasteiger partial charge < -0.3 is 10.3 Å². The zero-order chi connectivity index (χ0) is 16.4. The number of fused-ring (bicyclic) bond motifs is 5. The molecule has 0 spiro atoms. The first kappa shape index (κ1) is 15.6. The molecule has 128 valence electrons. The van der Waals surface area contributed by atoms with Crippen LogP contribution in [0.25, 0.3) is 0 Å². The minimum absolute atomic E-state index is 0.0466. The minimum atomic E-state index is -0.138. The van der Waals surface area contributed by atoms with Crippen LogP contribution in [-0.2, 0) is 4.79 Å². The highest BCUT2D eigenvalue weighted by atomic mass is 16.4. The number of hydrogen-bond donors (Lipinski definition) is 2. The van der Waals surface area contributed by atoms with Crippen LogP contribution in [-0.4, -0.2) is 27.9 Å². The highest BCUT2D eigenvalue weighted by Gasteiger charge is 2.60. The van der Waals surface area contributed by atoms with Gasteiger partial charge in [0.1, 0.15) is 5.71 Å². The van der Waals surface area contributed by atoms with Crippen LogP contribution in [0.15, 0.2) is 5.16 Å². The van der Waals surface area contributed by atoms with Crippen LogP contribution in [0.4, 0.5) is 0 Å². The predicted molar refractivity (Wildman–Crippen MR) is 87.3 cm³/mol. The second kappa shape index (κ2) is 5.05. The normalized spacial score (nSPS) is 54.5. The minimum Gasteiger partial charge on any atom is -0.411 e. The number of oxime groups is 1. The van der Waals surface area contributed by atoms with Crippen molar-refractivity contribution in [3.63, 3.8) is 0 Å². The number of carbonyl (C=O) groups excluding carboxylic acids is 1. The third-order valence-electron chi connectivity index (χ3n) is 8.44. The van der Waals surface area contributed by atoms with Gasteiger partial charge >= 0.3 is 0 Å². The number of rotatable bonds is 0. The third-order valence-corrected chi connectivity index (χ3v) is 8.44. The lowest BCUT2D eigenvalue weighted by molar-refractivity contribution is -0.129. The molecule has 7 atom stereocenters. The Morgan fingerprint density at radius 2 is 1.78 bits per heavy atom. The molecule has 4 nitrogen and oxygen atoms in total. The second-order valence-corrected chi connectivity index (χ2v) is 9.15. The van der Waals surface area contributed by atoms with E-state index < -0.39 is 0 Å². The van der Waals surface area contributed by atoms with Crippen molar-refractivity contribution in [3.05, 3.63) is 0 Å². The molecule has 0 radical (unpaired) electrons. The van der Waals surface area contributed by atoms with Gasteiger partial charge in [-0.1, -0.05) is 19.0 Å². The molecule has 23 heavy (non-hydrogen) atoms. The number of aliphatic hydroxyl groups is 1. The number of aliphatic hydroxyl groups excluding tert-OH is 1. The molecule has 0 aromatic heterocycles. The van der Waals surface area contributed by atoms with Gasteiger partial charge in [0.15, 0.2) is 5.78 Å². The van der Waals surface area contributed by atoms with Gasteiger partial charge in [-0.05, 0) is 73.0 Å². The maximum Gasteiger partial charge on any atom is 0.180 e. The largest absolute Gasteiger partial charge is 0.411 e. The number of ketones is 1. The molecule has 4 rings (SSSR count). The molecule has 0 amide bonds. The summed E-state index contributed by atoms with van der Waals surface area (Å²) in [6.07, 6.45) is 7.73. The summed E-state index contributed by atoms with van der Waals surface area (Å²) in [5, 5.41) is 23.0. The number of Topliss-reactive ketones (excluding diaryl/α,β-unsaturated/α-hetero) is 1. The van der Waals surface area contributed by atoms with Crippen LogP contribution in [0.2, 0.25) is 0 Å². The lowest BCUT2D eigenvalue weighted by atomic mass is 9.45. The molecule has 0 heterocycles. The van der Waals surface area contributed by atoms with E-state index >= 15 is 0 Å². The highest BCUT2D eigenvalue weighted by Crippen LogP contribution is 2.65. The zero-order valence-electron chi connectivity index (χ0n) is 14.3. The van der Waals surface area contributed by atoms with Gasteiger partial charge in [-0.2, -0.15) is 0 Å². The van der Waals surface area contributed by atoms with Gasteiger partial charge in [0, 0.05) is 12.8 Å². The lowest BCUT2D eigenvalue weighted by Crippen LogP contribution is -2.55. The van der Waals surface area contributed by atoms with E-state index in [1.165, 1.54) is 6.42 Å². The summed E-state index contributed by atoms with van der Waals surface area (Å²) in [5.41, 5.74) is 0.583.